The lowest BCUT2D eigenvalue weighted by atomic mass is 9.89. The molecule has 0 aliphatic carbocycles. The van der Waals surface area contributed by atoms with Gasteiger partial charge in [0.1, 0.15) is 5.69 Å². The van der Waals surface area contributed by atoms with Crippen molar-refractivity contribution in [2.24, 2.45) is 0 Å². The first-order valence-corrected chi connectivity index (χ1v) is 12.3. The fraction of sp³-hybridized carbons (Fsp3) is 0.444. The van der Waals surface area contributed by atoms with Crippen molar-refractivity contribution in [1.29, 1.82) is 0 Å². The van der Waals surface area contributed by atoms with Crippen molar-refractivity contribution < 1.29 is 18.0 Å². The fourth-order valence-corrected chi connectivity index (χ4v) is 5.29. The number of rotatable bonds is 4. The van der Waals surface area contributed by atoms with Gasteiger partial charge in [-0.1, -0.05) is 18.2 Å². The summed E-state index contributed by atoms with van der Waals surface area (Å²) >= 11 is 0. The number of nitrogens with one attached hydrogen (secondary N) is 2. The molecule has 8 heteroatoms. The number of aryl methyl sites for hydroxylation is 1. The van der Waals surface area contributed by atoms with Crippen LogP contribution in [0.3, 0.4) is 0 Å². The first-order valence-electron chi connectivity index (χ1n) is 12.3. The molecule has 2 N–H and O–H groups in total. The van der Waals surface area contributed by atoms with Crippen LogP contribution >= 0.6 is 0 Å². The van der Waals surface area contributed by atoms with E-state index in [0.29, 0.717) is 44.3 Å². The Labute approximate surface area is 203 Å². The zero-order valence-electron chi connectivity index (χ0n) is 19.9. The lowest BCUT2D eigenvalue weighted by Crippen LogP contribution is -2.48. The molecule has 5 nitrogen and oxygen atoms in total. The van der Waals surface area contributed by atoms with E-state index in [9.17, 15) is 18.0 Å². The molecule has 3 aromatic rings. The van der Waals surface area contributed by atoms with Crippen LogP contribution in [0.4, 0.5) is 13.2 Å². The summed E-state index contributed by atoms with van der Waals surface area (Å²) in [5.41, 5.74) is 4.19. The second-order valence-electron chi connectivity index (χ2n) is 9.72. The van der Waals surface area contributed by atoms with Crippen LogP contribution in [0, 0.1) is 6.92 Å². The van der Waals surface area contributed by atoms with E-state index in [-0.39, 0.29) is 5.91 Å². The molecule has 2 fully saturated rings. The lowest BCUT2D eigenvalue weighted by molar-refractivity contribution is -0.137. The molecule has 0 radical (unpaired) electrons. The molecule has 186 valence electrons. The van der Waals surface area contributed by atoms with Gasteiger partial charge in [0.25, 0.3) is 5.91 Å². The predicted octanol–water partition coefficient (Wildman–Crippen LogP) is 4.92. The van der Waals surface area contributed by atoms with E-state index < -0.39 is 11.7 Å². The Morgan fingerprint density at radius 2 is 1.69 bits per heavy atom. The van der Waals surface area contributed by atoms with Crippen molar-refractivity contribution >= 4 is 16.8 Å². The molecule has 35 heavy (non-hydrogen) atoms. The third-order valence-corrected chi connectivity index (χ3v) is 7.45. The van der Waals surface area contributed by atoms with E-state index in [2.05, 4.69) is 33.4 Å². The number of piperazine rings is 1. The number of benzene rings is 2. The van der Waals surface area contributed by atoms with Gasteiger partial charge in [0, 0.05) is 43.6 Å². The van der Waals surface area contributed by atoms with Gasteiger partial charge in [-0.25, -0.2) is 0 Å². The van der Waals surface area contributed by atoms with E-state index in [1.165, 1.54) is 17.7 Å². The molecule has 2 aromatic carbocycles. The molecule has 3 heterocycles. The summed E-state index contributed by atoms with van der Waals surface area (Å²) < 4.78 is 38.4. The van der Waals surface area contributed by atoms with Gasteiger partial charge in [-0.2, -0.15) is 13.2 Å². The fourth-order valence-electron chi connectivity index (χ4n) is 5.29. The van der Waals surface area contributed by atoms with Crippen molar-refractivity contribution in [2.75, 3.05) is 39.3 Å². The Morgan fingerprint density at radius 1 is 1.00 bits per heavy atom. The van der Waals surface area contributed by atoms with E-state index in [4.69, 9.17) is 0 Å². The molecule has 0 saturated carbocycles. The molecule has 2 aliphatic heterocycles. The monoisotopic (exact) mass is 484 g/mol. The third-order valence-electron chi connectivity index (χ3n) is 7.45. The number of aromatic amines is 1. The van der Waals surface area contributed by atoms with Gasteiger partial charge in [-0.05, 0) is 79.7 Å². The summed E-state index contributed by atoms with van der Waals surface area (Å²) in [5.74, 6) is 0.572. The Morgan fingerprint density at radius 3 is 2.34 bits per heavy atom. The number of aromatic nitrogens is 1. The molecule has 0 unspecified atom stereocenters. The average molecular weight is 485 g/mol. The van der Waals surface area contributed by atoms with Crippen LogP contribution in [0.1, 0.15) is 51.5 Å². The molecule has 0 atom stereocenters. The standard InChI is InChI=1S/C27H31F3N4O/c1-18-23-16-21(20-8-10-31-11-9-20)4-7-24(23)32-25(18)26(35)34-14-12-33(13-15-34)17-19-2-5-22(6-3-19)27(28,29)30/h2-7,16,20,31-32H,8-15,17H2,1H3. The van der Waals surface area contributed by atoms with Gasteiger partial charge >= 0.3 is 6.18 Å². The third kappa shape index (κ3) is 5.09. The molecule has 0 spiro atoms. The zero-order chi connectivity index (χ0) is 24.6. The summed E-state index contributed by atoms with van der Waals surface area (Å²) in [7, 11) is 0. The Bertz CT molecular complexity index is 1190. The number of piperidine rings is 1. The number of nitrogens with zero attached hydrogens (tertiary/aromatic N) is 2. The quantitative estimate of drug-likeness (QED) is 0.553. The largest absolute Gasteiger partial charge is 0.416 e. The maximum Gasteiger partial charge on any atom is 0.416 e. The minimum Gasteiger partial charge on any atom is -0.350 e. The topological polar surface area (TPSA) is 51.4 Å². The van der Waals surface area contributed by atoms with E-state index in [0.717, 1.165) is 60.1 Å². The second kappa shape index (κ2) is 9.66. The van der Waals surface area contributed by atoms with Crippen molar-refractivity contribution in [3.63, 3.8) is 0 Å². The van der Waals surface area contributed by atoms with Crippen molar-refractivity contribution in [1.82, 2.24) is 20.1 Å². The zero-order valence-corrected chi connectivity index (χ0v) is 19.9. The minimum atomic E-state index is -4.32. The first kappa shape index (κ1) is 23.9. The van der Waals surface area contributed by atoms with Gasteiger partial charge in [-0.15, -0.1) is 0 Å². The SMILES string of the molecule is Cc1c(C(=O)N2CCN(Cc3ccc(C(F)(F)F)cc3)CC2)[nH]c2ccc(C3CCNCC3)cc12. The highest BCUT2D eigenvalue weighted by Gasteiger charge is 2.30. The number of fused-ring (bicyclic) bond motifs is 1. The summed E-state index contributed by atoms with van der Waals surface area (Å²) in [6.45, 7) is 7.23. The smallest absolute Gasteiger partial charge is 0.350 e. The van der Waals surface area contributed by atoms with Crippen LogP contribution in [-0.4, -0.2) is 60.0 Å². The number of halogens is 3. The minimum absolute atomic E-state index is 0.0105. The summed E-state index contributed by atoms with van der Waals surface area (Å²) in [6, 6.07) is 11.9. The van der Waals surface area contributed by atoms with Crippen LogP contribution in [0.25, 0.3) is 10.9 Å². The Kier molecular flexibility index (Phi) is 6.59. The summed E-state index contributed by atoms with van der Waals surface area (Å²) in [5, 5.41) is 4.53. The second-order valence-corrected chi connectivity index (χ2v) is 9.72. The molecule has 2 aliphatic rings. The molecule has 2 saturated heterocycles. The van der Waals surface area contributed by atoms with Crippen LogP contribution in [0.15, 0.2) is 42.5 Å². The van der Waals surface area contributed by atoms with Crippen molar-refractivity contribution in [3.8, 4) is 0 Å². The molecular weight excluding hydrogens is 453 g/mol. The molecular formula is C27H31F3N4O. The molecule has 1 amide bonds. The highest BCUT2D eigenvalue weighted by Crippen LogP contribution is 2.31. The van der Waals surface area contributed by atoms with Crippen LogP contribution in [-0.2, 0) is 12.7 Å². The normalized spacial score (nSPS) is 18.3. The first-order chi connectivity index (χ1) is 16.8. The van der Waals surface area contributed by atoms with E-state index >= 15 is 0 Å². The maximum absolute atomic E-state index is 13.3. The molecule has 5 rings (SSSR count). The number of amides is 1. The Balaban J connectivity index is 1.22. The van der Waals surface area contributed by atoms with Crippen LogP contribution < -0.4 is 5.32 Å². The highest BCUT2D eigenvalue weighted by molar-refractivity contribution is 6.01. The van der Waals surface area contributed by atoms with Gasteiger partial charge in [0.2, 0.25) is 0 Å². The number of carbonyl (C=O) groups excluding carboxylic acids is 1. The number of hydrogen-bond acceptors (Lipinski definition) is 3. The number of carbonyl (C=O) groups is 1. The summed E-state index contributed by atoms with van der Waals surface area (Å²) in [4.78, 5) is 20.7. The van der Waals surface area contributed by atoms with E-state index in [1.54, 1.807) is 0 Å². The van der Waals surface area contributed by atoms with Gasteiger partial charge in [0.05, 0.1) is 5.56 Å². The van der Waals surface area contributed by atoms with Crippen LogP contribution in [0.2, 0.25) is 0 Å². The van der Waals surface area contributed by atoms with Gasteiger partial charge < -0.3 is 15.2 Å². The van der Waals surface area contributed by atoms with E-state index in [1.807, 2.05) is 11.8 Å². The summed E-state index contributed by atoms with van der Waals surface area (Å²) in [6.07, 6.45) is -2.05. The number of H-pyrrole nitrogens is 1. The number of alkyl halides is 3. The van der Waals surface area contributed by atoms with Gasteiger partial charge in [-0.3, -0.25) is 9.69 Å². The highest BCUT2D eigenvalue weighted by atomic mass is 19.4. The molecule has 1 aromatic heterocycles. The maximum atomic E-state index is 13.3. The van der Waals surface area contributed by atoms with Gasteiger partial charge in [0.15, 0.2) is 0 Å². The number of hydrogen-bond donors (Lipinski definition) is 2. The Hall–Kier alpha value is -2.84. The van der Waals surface area contributed by atoms with Crippen LogP contribution in [0.5, 0.6) is 0 Å². The molecule has 0 bridgehead atoms. The lowest BCUT2D eigenvalue weighted by Gasteiger charge is -2.34. The average Bonchev–Trinajstić information content (AvgIpc) is 3.20. The van der Waals surface area contributed by atoms with Crippen molar-refractivity contribution in [3.05, 3.63) is 70.4 Å². The van der Waals surface area contributed by atoms with Crippen molar-refractivity contribution in [2.45, 2.75) is 38.4 Å². The predicted molar refractivity (Wildman–Crippen MR) is 131 cm³/mol.